The topological polar surface area (TPSA) is 416 Å². The van der Waals surface area contributed by atoms with Crippen molar-refractivity contribution in [2.75, 3.05) is 112 Å². The maximum Gasteiger partial charge on any atom is 0.278 e. The zero-order chi connectivity index (χ0) is 107. The summed E-state index contributed by atoms with van der Waals surface area (Å²) in [5, 5.41) is 45.9. The van der Waals surface area contributed by atoms with Crippen molar-refractivity contribution in [2.24, 2.45) is 5.92 Å². The summed E-state index contributed by atoms with van der Waals surface area (Å²) >= 11 is 52.7. The summed E-state index contributed by atoms with van der Waals surface area (Å²) in [6.07, 6.45) is 21.5. The van der Waals surface area contributed by atoms with Gasteiger partial charge < -0.3 is 95.1 Å². The van der Waals surface area contributed by atoms with Crippen molar-refractivity contribution in [2.45, 2.75) is 127 Å². The lowest BCUT2D eigenvalue weighted by Crippen LogP contribution is -2.45. The molecule has 8 heterocycles. The third kappa shape index (κ3) is 25.1. The van der Waals surface area contributed by atoms with Gasteiger partial charge in [-0.05, 0) is 105 Å². The number of aryl methyl sites for hydroxylation is 2. The van der Waals surface area contributed by atoms with E-state index in [0.717, 1.165) is 96.3 Å². The molecule has 780 valence electrons. The van der Waals surface area contributed by atoms with Crippen LogP contribution in [0.4, 0.5) is 17.8 Å². The van der Waals surface area contributed by atoms with Crippen LogP contribution in [0.5, 0.6) is 46.0 Å². The number of hydrogen-bond acceptors (Lipinski definition) is 30. The molecule has 2 aliphatic heterocycles. The normalized spacial score (nSPS) is 17.2. The van der Waals surface area contributed by atoms with Crippen LogP contribution in [0.3, 0.4) is 0 Å². The maximum atomic E-state index is 13.7. The van der Waals surface area contributed by atoms with Gasteiger partial charge in [0.2, 0.25) is 35.6 Å². The van der Waals surface area contributed by atoms with Crippen molar-refractivity contribution in [1.29, 1.82) is 0 Å². The predicted octanol–water partition coefficient (Wildman–Crippen LogP) is 18.2. The Kier molecular flexibility index (Phi) is 38.5. The molecule has 6 aromatic heterocycles. The number of pyridine rings is 1. The van der Waals surface area contributed by atoms with E-state index in [-0.39, 0.29) is 111 Å². The maximum absolute atomic E-state index is 13.7. The quantitative estimate of drug-likeness (QED) is 0.0132. The van der Waals surface area contributed by atoms with Crippen molar-refractivity contribution >= 4 is 172 Å². The van der Waals surface area contributed by atoms with Crippen LogP contribution in [0.15, 0.2) is 189 Å². The zero-order valence-corrected chi connectivity index (χ0v) is 89.1. The first-order valence-electron chi connectivity index (χ1n) is 47.1. The minimum atomic E-state index is -0.614. The van der Waals surface area contributed by atoms with Gasteiger partial charge in [-0.1, -0.05) is 177 Å². The van der Waals surface area contributed by atoms with Crippen molar-refractivity contribution in [3.63, 3.8) is 0 Å². The number of nitrogens with one attached hydrogen (secondary N) is 7. The first-order chi connectivity index (χ1) is 71.2. The molecule has 2 aliphatic carbocycles. The van der Waals surface area contributed by atoms with Gasteiger partial charge in [-0.2, -0.15) is 9.97 Å². The number of benzene rings is 6. The average molecular weight is 2180 g/mol. The number of aliphatic hydroxyl groups excluding tert-OH is 2. The van der Waals surface area contributed by atoms with E-state index in [1.165, 1.54) is 72.4 Å². The number of allylic oxidation sites excluding steroid dienone is 2. The number of hydrogen-bond donors (Lipinski definition) is 9. The van der Waals surface area contributed by atoms with Crippen LogP contribution in [-0.2, 0) is 33.9 Å². The number of ether oxygens (including phenoxy) is 8. The number of aliphatic hydroxyl groups is 2. The van der Waals surface area contributed by atoms with Crippen molar-refractivity contribution in [3.8, 4) is 90.6 Å². The highest BCUT2D eigenvalue weighted by molar-refractivity contribution is 6.43. The van der Waals surface area contributed by atoms with E-state index in [2.05, 4.69) is 118 Å². The molecule has 0 spiro atoms. The van der Waals surface area contributed by atoms with Gasteiger partial charge in [-0.15, -0.1) is 0 Å². The third-order valence-electron chi connectivity index (χ3n) is 25.8. The second kappa shape index (κ2) is 51.0. The SMILES string of the molecule is C=CC(=C)N[C@H]1CCCC[C@H]1Nc1ncc2cc(-c3c(Cl)c(OC)cc(OC)c3Cl)c(=O)n(CC)c2n1.C=CC(=C)N[C@H]1CCCC[C@H]1Nc1ncc2nc(-c3c(Cl)c(OC)cc(OC)c3Cl)c(=O)n(CC)c2n1.C=CC(=O)NC1CN(C(=C)CO)CC1Cc1ncc2cc(-c3c(Cl)c(OC)cc(OC)c3Cl)ccc2n1.C=CC(=O)N[C@H]1CN(C(=O)CO)C[C@H]1Nc1ncc2cc(-c3c(Cl)c(OC)cc(OC)c3Cl)ccc2n1. The van der Waals surface area contributed by atoms with Crippen LogP contribution >= 0.6 is 92.8 Å². The van der Waals surface area contributed by atoms with E-state index in [9.17, 15) is 34.2 Å². The fraction of sp³-hybridized carbons (Fsp3) is 0.333. The molecule has 3 amide bonds. The summed E-state index contributed by atoms with van der Waals surface area (Å²) in [6, 6.07) is 18.9. The Morgan fingerprint density at radius 1 is 0.399 bits per heavy atom. The number of nitrogens with zero attached hydrogens (tertiary/aromatic N) is 13. The van der Waals surface area contributed by atoms with Gasteiger partial charge in [0, 0.05) is 169 Å². The molecule has 0 bridgehead atoms. The number of halogens is 8. The standard InChI is InChI=1S/C27H31Cl2N5O3.C27H28Cl2N4O4.C26H30Cl2N6O3.C25H25Cl2N5O5/c1-6-15(3)31-18-10-8-9-11-19(18)32-27-30-14-16-12-17(26(35)34(7-2)25(16)33-27)22-23(28)20(36-4)13-21(37-5)24(22)29;1-5-24(35)32-20-13-33(15(2)14-34)12-18(20)9-23-30-11-17-8-16(6-7-19(17)31-23)25-26(28)21(36-3)10-22(37-4)27(25)29;1-6-14(3)30-15-10-8-9-11-16(15)32-26-29-13-17-24(33-26)34(7-2)25(35)23(31-17)20-21(27)18(36-4)12-19(37-5)22(20)28;1-4-20(34)29-16-10-32(21(35)12-33)11-17(16)31-25-28-9-14-7-13(5-6-15(14)30-25)22-23(26)18(36-2)8-19(37-3)24(22)27/h6,12-14,18-19,31H,1,3,7-11H2,2,4-5H3,(H,30,32,33);5-8,10-11,18,20,34H,1-2,9,12-14H2,3-4H3,(H,32,35);6,12-13,15-16,30H,1,3,7-11H2,2,4-5H3,(H,29,32,33);4-9,16-17,33H,1,10-12H2,2-3H3,(H,29,34)(H,28,30,31)/t18-,19+;;15-,16+;16-,17+/m0.00/s1. The second-order valence-electron chi connectivity index (χ2n) is 34.6. The molecule has 8 atom stereocenters. The minimum Gasteiger partial charge on any atom is -0.495 e. The lowest BCUT2D eigenvalue weighted by molar-refractivity contribution is -0.133. The Hall–Kier alpha value is -13.5. The van der Waals surface area contributed by atoms with Crippen LogP contribution in [0.1, 0.15) is 71.0 Å². The molecule has 4 aliphatic rings. The number of amides is 3. The summed E-state index contributed by atoms with van der Waals surface area (Å²) in [6.45, 7) is 31.8. The lowest BCUT2D eigenvalue weighted by atomic mass is 9.90. The molecule has 4 fully saturated rings. The fourth-order valence-corrected chi connectivity index (χ4v) is 20.9. The lowest BCUT2D eigenvalue weighted by Gasteiger charge is -2.33. The van der Waals surface area contributed by atoms with Crippen LogP contribution in [0.25, 0.3) is 88.6 Å². The van der Waals surface area contributed by atoms with Crippen molar-refractivity contribution in [3.05, 3.63) is 246 Å². The number of anilines is 3. The minimum absolute atomic E-state index is 0.0331. The summed E-state index contributed by atoms with van der Waals surface area (Å²) in [7, 11) is 12.0. The molecule has 43 heteroatoms. The van der Waals surface area contributed by atoms with E-state index < -0.39 is 24.1 Å². The Morgan fingerprint density at radius 3 is 1.24 bits per heavy atom. The highest BCUT2D eigenvalue weighted by Gasteiger charge is 2.39. The molecule has 0 radical (unpaired) electrons. The highest BCUT2D eigenvalue weighted by atomic mass is 35.5. The van der Waals surface area contributed by atoms with Crippen LogP contribution in [0.2, 0.25) is 40.2 Å². The van der Waals surface area contributed by atoms with Gasteiger partial charge in [0.15, 0.2) is 5.65 Å². The molecule has 9 N–H and O–H groups in total. The summed E-state index contributed by atoms with van der Waals surface area (Å²) in [5.74, 6) is 3.94. The van der Waals surface area contributed by atoms with Gasteiger partial charge in [-0.3, -0.25) is 33.1 Å². The van der Waals surface area contributed by atoms with E-state index in [1.807, 2.05) is 55.1 Å². The van der Waals surface area contributed by atoms with Gasteiger partial charge in [0.1, 0.15) is 75.3 Å². The molecule has 16 rings (SSSR count). The molecular formula is C105H114Cl8N20O15. The van der Waals surface area contributed by atoms with Gasteiger partial charge in [-0.25, -0.2) is 34.9 Å². The number of fused-ring (bicyclic) bond motifs is 4. The molecule has 2 unspecified atom stereocenters. The Bertz CT molecular complexity index is 6690. The molecule has 148 heavy (non-hydrogen) atoms. The molecule has 2 saturated heterocycles. The van der Waals surface area contributed by atoms with Gasteiger partial charge in [0.25, 0.3) is 11.1 Å². The molecule has 2 saturated carbocycles. The molecule has 6 aromatic carbocycles. The first-order valence-corrected chi connectivity index (χ1v) is 50.1. The van der Waals surface area contributed by atoms with Crippen molar-refractivity contribution in [1.82, 2.24) is 85.1 Å². The number of carbonyl (C=O) groups is 3. The zero-order valence-electron chi connectivity index (χ0n) is 83.1. The summed E-state index contributed by atoms with van der Waals surface area (Å²) in [4.78, 5) is 108. The van der Waals surface area contributed by atoms with Gasteiger partial charge in [0.05, 0.1) is 150 Å². The first kappa shape index (κ1) is 112. The molecular weight excluding hydrogens is 2060 g/mol. The summed E-state index contributed by atoms with van der Waals surface area (Å²) in [5.41, 5.74) is 7.88. The van der Waals surface area contributed by atoms with Crippen molar-refractivity contribution < 1.29 is 62.5 Å². The Balaban J connectivity index is 0.000000165. The average Bonchev–Trinajstić information content (AvgIpc) is 0.871. The van der Waals surface area contributed by atoms with E-state index in [0.29, 0.717) is 178 Å². The Labute approximate surface area is 895 Å². The fourth-order valence-electron chi connectivity index (χ4n) is 18.1. The Morgan fingerprint density at radius 2 is 0.791 bits per heavy atom. The predicted molar refractivity (Wildman–Crippen MR) is 585 cm³/mol. The van der Waals surface area contributed by atoms with E-state index in [4.69, 9.17) is 141 Å². The van der Waals surface area contributed by atoms with Gasteiger partial charge >= 0.3 is 0 Å². The van der Waals surface area contributed by atoms with E-state index in [1.54, 1.807) is 71.8 Å². The highest BCUT2D eigenvalue weighted by Crippen LogP contribution is 2.51. The van der Waals surface area contributed by atoms with E-state index >= 15 is 0 Å². The largest absolute Gasteiger partial charge is 0.495 e. The number of likely N-dealkylation sites (tertiary alicyclic amines) is 2. The number of methoxy groups -OCH3 is 8. The number of aromatic nitrogens is 11. The smallest absolute Gasteiger partial charge is 0.278 e. The summed E-state index contributed by atoms with van der Waals surface area (Å²) < 4.78 is 46.1. The van der Waals surface area contributed by atoms with Crippen LogP contribution in [-0.4, -0.2) is 230 Å². The van der Waals surface area contributed by atoms with Crippen LogP contribution < -0.4 is 86.2 Å². The number of rotatable bonds is 35. The molecule has 35 nitrogen and oxygen atoms in total. The third-order valence-corrected chi connectivity index (χ3v) is 28.8. The monoisotopic (exact) mass is 2170 g/mol. The van der Waals surface area contributed by atoms with Crippen LogP contribution in [0, 0.1) is 5.92 Å². The number of carbonyl (C=O) groups excluding carboxylic acids is 3. The second-order valence-corrected chi connectivity index (χ2v) is 37.6. The molecule has 12 aromatic rings.